The van der Waals surface area contributed by atoms with E-state index in [1.165, 1.54) is 9.21 Å². The highest BCUT2D eigenvalue weighted by Crippen LogP contribution is 2.27. The van der Waals surface area contributed by atoms with Crippen LogP contribution in [0.2, 0.25) is 15.1 Å². The van der Waals surface area contributed by atoms with E-state index < -0.39 is 16.1 Å². The van der Waals surface area contributed by atoms with Crippen LogP contribution in [0.15, 0.2) is 42.5 Å². The number of sulfonamides is 1. The predicted octanol–water partition coefficient (Wildman–Crippen LogP) is 5.14. The van der Waals surface area contributed by atoms with Gasteiger partial charge in [0.25, 0.3) is 0 Å². The Morgan fingerprint density at radius 1 is 1.06 bits per heavy atom. The van der Waals surface area contributed by atoms with Gasteiger partial charge in [0.05, 0.1) is 11.9 Å². The third-order valence-corrected chi connectivity index (χ3v) is 7.49. The van der Waals surface area contributed by atoms with Crippen LogP contribution in [0.1, 0.15) is 38.7 Å². The lowest BCUT2D eigenvalue weighted by molar-refractivity contribution is -0.140. The van der Waals surface area contributed by atoms with Crippen molar-refractivity contribution in [3.05, 3.63) is 63.1 Å². The molecular weight excluding hydrogens is 533 g/mol. The molecule has 0 spiro atoms. The molecule has 1 atom stereocenters. The largest absolute Gasteiger partial charge is 0.354 e. The first-order valence-electron chi connectivity index (χ1n) is 11.2. The summed E-state index contributed by atoms with van der Waals surface area (Å²) in [5.74, 6) is -0.611. The summed E-state index contributed by atoms with van der Waals surface area (Å²) >= 11 is 18.7. The number of hydrogen-bond donors (Lipinski definition) is 1. The van der Waals surface area contributed by atoms with Crippen LogP contribution in [0.3, 0.4) is 0 Å². The molecule has 35 heavy (non-hydrogen) atoms. The number of carbonyl (C=O) groups is 2. The zero-order chi connectivity index (χ0) is 26.2. The Hall–Kier alpha value is -2.00. The van der Waals surface area contributed by atoms with Gasteiger partial charge in [-0.25, -0.2) is 8.42 Å². The van der Waals surface area contributed by atoms with E-state index in [2.05, 4.69) is 5.32 Å². The lowest BCUT2D eigenvalue weighted by Crippen LogP contribution is -2.48. The van der Waals surface area contributed by atoms with E-state index in [-0.39, 0.29) is 37.7 Å². The van der Waals surface area contributed by atoms with E-state index in [1.54, 1.807) is 49.4 Å². The second-order valence-corrected chi connectivity index (χ2v) is 11.3. The van der Waals surface area contributed by atoms with E-state index in [1.807, 2.05) is 6.92 Å². The fourth-order valence-corrected chi connectivity index (χ4v) is 5.13. The van der Waals surface area contributed by atoms with Gasteiger partial charge in [0, 0.05) is 46.7 Å². The van der Waals surface area contributed by atoms with Crippen molar-refractivity contribution in [2.24, 2.45) is 0 Å². The number of nitrogens with one attached hydrogen (secondary N) is 1. The van der Waals surface area contributed by atoms with Gasteiger partial charge in [-0.2, -0.15) is 0 Å². The Balaban J connectivity index is 2.21. The SMILES string of the molecule is CCCNC(=O)[C@H](C)N(Cc1c(Cl)cccc1Cl)C(=O)CCCN(c1cccc(Cl)c1)S(C)(=O)=O. The maximum absolute atomic E-state index is 13.3. The van der Waals surface area contributed by atoms with E-state index in [9.17, 15) is 18.0 Å². The van der Waals surface area contributed by atoms with E-state index in [4.69, 9.17) is 34.8 Å². The van der Waals surface area contributed by atoms with Crippen molar-refractivity contribution in [3.63, 3.8) is 0 Å². The summed E-state index contributed by atoms with van der Waals surface area (Å²) in [6, 6.07) is 10.8. The Bertz CT molecular complexity index is 1120. The van der Waals surface area contributed by atoms with Crippen LogP contribution in [-0.4, -0.2) is 50.5 Å². The Kier molecular flexibility index (Phi) is 11.1. The number of amides is 2. The second kappa shape index (κ2) is 13.3. The fourth-order valence-electron chi connectivity index (χ4n) is 3.47. The van der Waals surface area contributed by atoms with Crippen molar-refractivity contribution in [3.8, 4) is 0 Å². The van der Waals surface area contributed by atoms with Crippen LogP contribution in [0.4, 0.5) is 5.69 Å². The first-order valence-corrected chi connectivity index (χ1v) is 14.2. The fraction of sp³-hybridized carbons (Fsp3) is 0.417. The summed E-state index contributed by atoms with van der Waals surface area (Å²) in [5, 5.41) is 3.99. The molecule has 1 N–H and O–H groups in total. The molecule has 2 rings (SSSR count). The van der Waals surface area contributed by atoms with Crippen LogP contribution in [-0.2, 0) is 26.2 Å². The van der Waals surface area contributed by atoms with Crippen molar-refractivity contribution in [2.75, 3.05) is 23.7 Å². The maximum atomic E-state index is 13.3. The highest BCUT2D eigenvalue weighted by molar-refractivity contribution is 7.92. The van der Waals surface area contributed by atoms with Gasteiger partial charge in [-0.05, 0) is 50.1 Å². The third kappa shape index (κ3) is 8.56. The zero-order valence-corrected chi connectivity index (χ0v) is 23.0. The van der Waals surface area contributed by atoms with Crippen LogP contribution < -0.4 is 9.62 Å². The number of rotatable bonds is 12. The molecule has 0 aromatic heterocycles. The predicted molar refractivity (Wildman–Crippen MR) is 143 cm³/mol. The lowest BCUT2D eigenvalue weighted by atomic mass is 10.1. The lowest BCUT2D eigenvalue weighted by Gasteiger charge is -2.30. The molecule has 7 nitrogen and oxygen atoms in total. The summed E-state index contributed by atoms with van der Waals surface area (Å²) in [5.41, 5.74) is 0.954. The van der Waals surface area contributed by atoms with Gasteiger partial charge in [-0.1, -0.05) is 53.9 Å². The van der Waals surface area contributed by atoms with Gasteiger partial charge in [0.2, 0.25) is 21.8 Å². The second-order valence-electron chi connectivity index (χ2n) is 8.11. The van der Waals surface area contributed by atoms with Crippen molar-refractivity contribution in [2.45, 2.75) is 45.7 Å². The number of halogens is 3. The molecule has 2 aromatic rings. The van der Waals surface area contributed by atoms with E-state index >= 15 is 0 Å². The van der Waals surface area contributed by atoms with Gasteiger partial charge in [0.1, 0.15) is 6.04 Å². The molecule has 11 heteroatoms. The van der Waals surface area contributed by atoms with Crippen molar-refractivity contribution in [1.82, 2.24) is 10.2 Å². The first-order chi connectivity index (χ1) is 16.5. The van der Waals surface area contributed by atoms with Gasteiger partial charge in [-0.15, -0.1) is 0 Å². The molecule has 0 aliphatic rings. The Morgan fingerprint density at radius 2 is 1.69 bits per heavy atom. The number of nitrogens with zero attached hydrogens (tertiary/aromatic N) is 2. The van der Waals surface area contributed by atoms with Crippen LogP contribution in [0, 0.1) is 0 Å². The molecule has 0 aliphatic heterocycles. The molecule has 0 saturated carbocycles. The minimum Gasteiger partial charge on any atom is -0.354 e. The molecule has 0 fully saturated rings. The van der Waals surface area contributed by atoms with Crippen molar-refractivity contribution in [1.29, 1.82) is 0 Å². The Labute approximate surface area is 222 Å². The van der Waals surface area contributed by atoms with Crippen LogP contribution >= 0.6 is 34.8 Å². The average molecular weight is 563 g/mol. The molecule has 0 aliphatic carbocycles. The standard InChI is InChI=1S/C24H30Cl3N3O4S/c1-4-13-28-24(32)17(2)29(16-20-21(26)10-6-11-22(20)27)23(31)12-7-14-30(35(3,33)34)19-9-5-8-18(25)15-19/h5-6,8-11,15,17H,4,7,12-14,16H2,1-3H3,(H,28,32)/t17-/m0/s1. The molecule has 2 aromatic carbocycles. The number of carbonyl (C=O) groups excluding carboxylic acids is 2. The molecule has 0 bridgehead atoms. The summed E-state index contributed by atoms with van der Waals surface area (Å²) in [6.07, 6.45) is 2.10. The summed E-state index contributed by atoms with van der Waals surface area (Å²) in [4.78, 5) is 27.4. The number of anilines is 1. The van der Waals surface area contributed by atoms with Gasteiger partial charge in [0.15, 0.2) is 0 Å². The molecule has 0 unspecified atom stereocenters. The van der Waals surface area contributed by atoms with Crippen LogP contribution in [0.5, 0.6) is 0 Å². The summed E-state index contributed by atoms with van der Waals surface area (Å²) in [7, 11) is -3.60. The first kappa shape index (κ1) is 29.2. The van der Waals surface area contributed by atoms with E-state index in [0.29, 0.717) is 32.9 Å². The van der Waals surface area contributed by atoms with Crippen molar-refractivity contribution < 1.29 is 18.0 Å². The molecule has 0 heterocycles. The normalized spacial score (nSPS) is 12.2. The minimum absolute atomic E-state index is 0.0139. The molecule has 0 radical (unpaired) electrons. The molecular formula is C24H30Cl3N3O4S. The van der Waals surface area contributed by atoms with Gasteiger partial charge in [-0.3, -0.25) is 13.9 Å². The zero-order valence-electron chi connectivity index (χ0n) is 19.9. The Morgan fingerprint density at radius 3 is 2.26 bits per heavy atom. The highest BCUT2D eigenvalue weighted by atomic mass is 35.5. The summed E-state index contributed by atoms with van der Waals surface area (Å²) in [6.45, 7) is 4.18. The average Bonchev–Trinajstić information content (AvgIpc) is 2.78. The monoisotopic (exact) mass is 561 g/mol. The topological polar surface area (TPSA) is 86.8 Å². The molecule has 2 amide bonds. The summed E-state index contributed by atoms with van der Waals surface area (Å²) < 4.78 is 26.0. The van der Waals surface area contributed by atoms with Crippen LogP contribution in [0.25, 0.3) is 0 Å². The highest BCUT2D eigenvalue weighted by Gasteiger charge is 2.27. The smallest absolute Gasteiger partial charge is 0.242 e. The minimum atomic E-state index is -3.60. The quantitative estimate of drug-likeness (QED) is 0.388. The van der Waals surface area contributed by atoms with Gasteiger partial charge >= 0.3 is 0 Å². The molecule has 0 saturated heterocycles. The van der Waals surface area contributed by atoms with E-state index in [0.717, 1.165) is 12.7 Å². The number of benzene rings is 2. The maximum Gasteiger partial charge on any atom is 0.242 e. The third-order valence-electron chi connectivity index (χ3n) is 5.36. The number of hydrogen-bond acceptors (Lipinski definition) is 4. The van der Waals surface area contributed by atoms with Gasteiger partial charge < -0.3 is 10.2 Å². The molecule has 192 valence electrons. The van der Waals surface area contributed by atoms with Crippen molar-refractivity contribution >= 4 is 62.3 Å².